The average molecular weight is 421 g/mol. The molecule has 7 heteroatoms. The molecular weight excluding hydrogens is 380 g/mol. The fraction of sp³-hybridized carbons (Fsp3) is 0.696. The van der Waals surface area contributed by atoms with Crippen LogP contribution in [0, 0.1) is 6.92 Å². The maximum Gasteiger partial charge on any atom is 0.191 e. The van der Waals surface area contributed by atoms with E-state index in [1.165, 1.54) is 5.56 Å². The molecule has 7 nitrogen and oxygen atoms in total. The Morgan fingerprint density at radius 1 is 1.33 bits per heavy atom. The van der Waals surface area contributed by atoms with E-state index in [0.29, 0.717) is 31.8 Å². The van der Waals surface area contributed by atoms with Crippen LogP contribution in [0.15, 0.2) is 23.2 Å². The first-order valence-corrected chi connectivity index (χ1v) is 11.1. The molecule has 1 aromatic carbocycles. The number of rotatable bonds is 11. The third kappa shape index (κ3) is 8.13. The van der Waals surface area contributed by atoms with Gasteiger partial charge in [0.25, 0.3) is 0 Å². The second kappa shape index (κ2) is 13.5. The van der Waals surface area contributed by atoms with E-state index in [4.69, 9.17) is 19.2 Å². The number of hydrogen-bond donors (Lipinski definition) is 2. The van der Waals surface area contributed by atoms with Gasteiger partial charge in [-0.3, -0.25) is 4.90 Å². The lowest BCUT2D eigenvalue weighted by Crippen LogP contribution is -2.53. The summed E-state index contributed by atoms with van der Waals surface area (Å²) in [5, 5.41) is 6.85. The first kappa shape index (κ1) is 24.4. The van der Waals surface area contributed by atoms with Crippen molar-refractivity contribution in [3.05, 3.63) is 29.3 Å². The number of ether oxygens (including phenoxy) is 3. The smallest absolute Gasteiger partial charge is 0.191 e. The van der Waals surface area contributed by atoms with Crippen LogP contribution in [-0.2, 0) is 16.0 Å². The van der Waals surface area contributed by atoms with Crippen LogP contribution in [0.5, 0.6) is 5.75 Å². The second-order valence-electron chi connectivity index (χ2n) is 7.89. The predicted octanol–water partition coefficient (Wildman–Crippen LogP) is 2.57. The molecule has 1 heterocycles. The number of hydrogen-bond acceptors (Lipinski definition) is 5. The molecule has 1 fully saturated rings. The molecule has 0 amide bonds. The number of aryl methyl sites for hydroxylation is 1. The highest BCUT2D eigenvalue weighted by Gasteiger charge is 2.23. The summed E-state index contributed by atoms with van der Waals surface area (Å²) in [5.41, 5.74) is 2.27. The van der Waals surface area contributed by atoms with Crippen molar-refractivity contribution in [1.82, 2.24) is 15.5 Å². The van der Waals surface area contributed by atoms with Crippen LogP contribution < -0.4 is 15.4 Å². The third-order valence-corrected chi connectivity index (χ3v) is 5.27. The van der Waals surface area contributed by atoms with Crippen molar-refractivity contribution < 1.29 is 14.2 Å². The molecule has 2 unspecified atom stereocenters. The minimum Gasteiger partial charge on any atom is -0.493 e. The summed E-state index contributed by atoms with van der Waals surface area (Å²) in [6.07, 6.45) is 0.870. The number of guanidine groups is 1. The molecule has 0 aromatic heterocycles. The molecule has 170 valence electrons. The van der Waals surface area contributed by atoms with Crippen LogP contribution in [0.4, 0.5) is 0 Å². The number of aliphatic imine (C=N–C) groups is 1. The standard InChI is InChI=1S/C23H40N4O3/c1-6-24-23(25-15-19(3)27-10-13-29-17-20(27)4)26-16-21-9-8-18(2)14-22(21)30-12-7-11-28-5/h8-9,14,19-20H,6-7,10-13,15-17H2,1-5H3,(H2,24,25,26). The van der Waals surface area contributed by atoms with Gasteiger partial charge in [-0.05, 0) is 39.3 Å². The van der Waals surface area contributed by atoms with E-state index < -0.39 is 0 Å². The van der Waals surface area contributed by atoms with Gasteiger partial charge in [-0.15, -0.1) is 0 Å². The molecule has 0 radical (unpaired) electrons. The molecule has 30 heavy (non-hydrogen) atoms. The Morgan fingerprint density at radius 2 is 2.17 bits per heavy atom. The van der Waals surface area contributed by atoms with Gasteiger partial charge in [0.1, 0.15) is 5.75 Å². The van der Waals surface area contributed by atoms with Crippen molar-refractivity contribution in [3.8, 4) is 5.75 Å². The Morgan fingerprint density at radius 3 is 2.90 bits per heavy atom. The highest BCUT2D eigenvalue weighted by Crippen LogP contribution is 2.21. The van der Waals surface area contributed by atoms with E-state index in [9.17, 15) is 0 Å². The van der Waals surface area contributed by atoms with E-state index in [1.807, 2.05) is 0 Å². The van der Waals surface area contributed by atoms with Gasteiger partial charge in [0.05, 0.1) is 26.4 Å². The zero-order valence-electron chi connectivity index (χ0n) is 19.4. The van der Waals surface area contributed by atoms with Crippen molar-refractivity contribution in [2.24, 2.45) is 4.99 Å². The van der Waals surface area contributed by atoms with Gasteiger partial charge >= 0.3 is 0 Å². The highest BCUT2D eigenvalue weighted by atomic mass is 16.5. The molecule has 2 N–H and O–H groups in total. The van der Waals surface area contributed by atoms with Gasteiger partial charge in [-0.25, -0.2) is 4.99 Å². The third-order valence-electron chi connectivity index (χ3n) is 5.27. The quantitative estimate of drug-likeness (QED) is 0.326. The van der Waals surface area contributed by atoms with Gasteiger partial charge in [0.2, 0.25) is 0 Å². The zero-order chi connectivity index (χ0) is 21.8. The molecule has 0 bridgehead atoms. The first-order chi connectivity index (χ1) is 14.5. The van der Waals surface area contributed by atoms with Gasteiger partial charge in [-0.2, -0.15) is 0 Å². The lowest BCUT2D eigenvalue weighted by Gasteiger charge is -2.38. The number of nitrogens with one attached hydrogen (secondary N) is 2. The summed E-state index contributed by atoms with van der Waals surface area (Å²) in [5.74, 6) is 1.73. The van der Waals surface area contributed by atoms with Crippen LogP contribution in [0.3, 0.4) is 0 Å². The molecule has 1 aliphatic rings. The van der Waals surface area contributed by atoms with Crippen LogP contribution in [-0.4, -0.2) is 76.1 Å². The van der Waals surface area contributed by atoms with Gasteiger partial charge in [0, 0.05) is 57.4 Å². The summed E-state index contributed by atoms with van der Waals surface area (Å²) in [6, 6.07) is 7.15. The number of morpholine rings is 1. The Kier molecular flexibility index (Phi) is 11.0. The predicted molar refractivity (Wildman–Crippen MR) is 122 cm³/mol. The van der Waals surface area contributed by atoms with Crippen LogP contribution in [0.1, 0.15) is 38.3 Å². The molecule has 0 spiro atoms. The van der Waals surface area contributed by atoms with E-state index >= 15 is 0 Å². The maximum atomic E-state index is 5.99. The molecule has 0 saturated carbocycles. The number of benzene rings is 1. The Balaban J connectivity index is 1.96. The monoisotopic (exact) mass is 420 g/mol. The van der Waals surface area contributed by atoms with Crippen molar-refractivity contribution in [1.29, 1.82) is 0 Å². The molecule has 1 aromatic rings. The maximum absolute atomic E-state index is 5.99. The summed E-state index contributed by atoms with van der Waals surface area (Å²) in [4.78, 5) is 7.29. The van der Waals surface area contributed by atoms with Gasteiger partial charge < -0.3 is 24.8 Å². The topological polar surface area (TPSA) is 67.4 Å². The van der Waals surface area contributed by atoms with E-state index in [1.54, 1.807) is 7.11 Å². The Labute approximate surface area is 182 Å². The van der Waals surface area contributed by atoms with Gasteiger partial charge in [0.15, 0.2) is 5.96 Å². The average Bonchev–Trinajstić information content (AvgIpc) is 2.74. The second-order valence-corrected chi connectivity index (χ2v) is 7.89. The largest absolute Gasteiger partial charge is 0.493 e. The highest BCUT2D eigenvalue weighted by molar-refractivity contribution is 5.79. The summed E-state index contributed by atoms with van der Waals surface area (Å²) in [7, 11) is 1.71. The Bertz CT molecular complexity index is 653. The van der Waals surface area contributed by atoms with E-state index in [0.717, 1.165) is 56.5 Å². The van der Waals surface area contributed by atoms with Crippen LogP contribution >= 0.6 is 0 Å². The lowest BCUT2D eigenvalue weighted by molar-refractivity contribution is -0.0174. The minimum atomic E-state index is 0.409. The molecule has 2 rings (SSSR count). The summed E-state index contributed by atoms with van der Waals surface area (Å²) < 4.78 is 16.7. The first-order valence-electron chi connectivity index (χ1n) is 11.1. The summed E-state index contributed by atoms with van der Waals surface area (Å²) >= 11 is 0. The van der Waals surface area contributed by atoms with Gasteiger partial charge in [-0.1, -0.05) is 12.1 Å². The lowest BCUT2D eigenvalue weighted by atomic mass is 10.1. The molecule has 0 aliphatic carbocycles. The minimum absolute atomic E-state index is 0.409. The molecule has 2 atom stereocenters. The van der Waals surface area contributed by atoms with Crippen LogP contribution in [0.25, 0.3) is 0 Å². The van der Waals surface area contributed by atoms with Crippen molar-refractivity contribution in [3.63, 3.8) is 0 Å². The van der Waals surface area contributed by atoms with E-state index in [-0.39, 0.29) is 0 Å². The fourth-order valence-electron chi connectivity index (χ4n) is 3.57. The number of methoxy groups -OCH3 is 1. The normalized spacial score (nSPS) is 18.8. The number of nitrogens with zero attached hydrogens (tertiary/aromatic N) is 2. The van der Waals surface area contributed by atoms with Crippen LogP contribution in [0.2, 0.25) is 0 Å². The molecular formula is C23H40N4O3. The Hall–Kier alpha value is -1.83. The van der Waals surface area contributed by atoms with Crippen molar-refractivity contribution in [2.45, 2.75) is 52.7 Å². The zero-order valence-corrected chi connectivity index (χ0v) is 19.4. The fourth-order valence-corrected chi connectivity index (χ4v) is 3.57. The molecule has 1 aliphatic heterocycles. The SMILES string of the molecule is CCNC(=NCc1ccc(C)cc1OCCCOC)NCC(C)N1CCOCC1C. The van der Waals surface area contributed by atoms with Crippen molar-refractivity contribution in [2.75, 3.05) is 53.2 Å². The van der Waals surface area contributed by atoms with Crippen molar-refractivity contribution >= 4 is 5.96 Å². The summed E-state index contributed by atoms with van der Waals surface area (Å²) in [6.45, 7) is 14.8. The van der Waals surface area contributed by atoms with E-state index in [2.05, 4.69) is 61.4 Å². The molecule has 1 saturated heterocycles.